The Morgan fingerprint density at radius 1 is 1.25 bits per heavy atom. The predicted octanol–water partition coefficient (Wildman–Crippen LogP) is 3.64. The first-order chi connectivity index (χ1) is 11.0. The second kappa shape index (κ2) is 5.70. The molecule has 1 aromatic carbocycles. The fourth-order valence-electron chi connectivity index (χ4n) is 2.61. The molecule has 0 amide bonds. The lowest BCUT2D eigenvalue weighted by Crippen LogP contribution is -2.50. The molecule has 3 nitrogen and oxygen atoms in total. The minimum Gasteiger partial charge on any atom is -0.490 e. The average molecular weight is 374 g/mol. The van der Waals surface area contributed by atoms with E-state index in [0.717, 1.165) is 12.1 Å². The van der Waals surface area contributed by atoms with Crippen molar-refractivity contribution in [2.24, 2.45) is 0 Å². The highest BCUT2D eigenvalue weighted by atomic mass is 32.2. The fraction of sp³-hybridized carbons (Fsp3) is 0.571. The number of aliphatic hydroxyl groups is 1. The Labute approximate surface area is 136 Å². The lowest BCUT2D eigenvalue weighted by molar-refractivity contribution is -0.146. The molecule has 1 aliphatic carbocycles. The van der Waals surface area contributed by atoms with Crippen molar-refractivity contribution in [3.05, 3.63) is 23.3 Å². The van der Waals surface area contributed by atoms with Gasteiger partial charge in [-0.1, -0.05) is 0 Å². The number of halogens is 6. The van der Waals surface area contributed by atoms with Gasteiger partial charge in [-0.3, -0.25) is 0 Å². The molecule has 1 aliphatic heterocycles. The zero-order valence-electron chi connectivity index (χ0n) is 12.0. The maximum atomic E-state index is 13.9. The van der Waals surface area contributed by atoms with Crippen molar-refractivity contribution < 1.29 is 40.9 Å². The van der Waals surface area contributed by atoms with Gasteiger partial charge in [0, 0.05) is 22.4 Å². The maximum Gasteiger partial charge on any atom is 0.446 e. The lowest BCUT2D eigenvalue weighted by atomic mass is 10.1. The SMILES string of the molecule is OC1c2c(SC(F)(F)F)ccc(OCC3(F)COC3)c2CC1(F)F. The van der Waals surface area contributed by atoms with E-state index in [4.69, 9.17) is 9.47 Å². The first-order valence-electron chi connectivity index (χ1n) is 6.88. The van der Waals surface area contributed by atoms with Crippen LogP contribution in [0.1, 0.15) is 17.2 Å². The van der Waals surface area contributed by atoms with E-state index in [1.165, 1.54) is 0 Å². The van der Waals surface area contributed by atoms with Crippen molar-refractivity contribution in [2.45, 2.75) is 34.5 Å². The number of thioether (sulfide) groups is 1. The number of benzene rings is 1. The van der Waals surface area contributed by atoms with Gasteiger partial charge < -0.3 is 14.6 Å². The Bertz CT molecular complexity index is 644. The lowest BCUT2D eigenvalue weighted by Gasteiger charge is -2.33. The molecule has 1 fully saturated rings. The van der Waals surface area contributed by atoms with Crippen molar-refractivity contribution in [1.82, 2.24) is 0 Å². The summed E-state index contributed by atoms with van der Waals surface area (Å²) in [5, 5.41) is 9.72. The quantitative estimate of drug-likeness (QED) is 0.645. The number of aliphatic hydroxyl groups excluding tert-OH is 1. The van der Waals surface area contributed by atoms with Gasteiger partial charge in [-0.2, -0.15) is 13.2 Å². The molecule has 2 aliphatic rings. The van der Waals surface area contributed by atoms with E-state index in [9.17, 15) is 31.4 Å². The Morgan fingerprint density at radius 2 is 1.92 bits per heavy atom. The van der Waals surface area contributed by atoms with Crippen molar-refractivity contribution in [3.8, 4) is 5.75 Å². The van der Waals surface area contributed by atoms with E-state index in [2.05, 4.69) is 0 Å². The van der Waals surface area contributed by atoms with Crippen LogP contribution in [-0.4, -0.2) is 42.0 Å². The number of hydrogen-bond acceptors (Lipinski definition) is 4. The van der Waals surface area contributed by atoms with E-state index in [-0.39, 0.29) is 24.5 Å². The highest BCUT2D eigenvalue weighted by molar-refractivity contribution is 8.00. The van der Waals surface area contributed by atoms with Gasteiger partial charge in [0.1, 0.15) is 18.5 Å². The summed E-state index contributed by atoms with van der Waals surface area (Å²) >= 11 is -0.584. The first-order valence-corrected chi connectivity index (χ1v) is 7.69. The Balaban J connectivity index is 1.92. The summed E-state index contributed by atoms with van der Waals surface area (Å²) in [6, 6.07) is 2.03. The van der Waals surface area contributed by atoms with Crippen LogP contribution in [-0.2, 0) is 11.2 Å². The molecule has 1 heterocycles. The predicted molar refractivity (Wildman–Crippen MR) is 72.1 cm³/mol. The highest BCUT2D eigenvalue weighted by Gasteiger charge is 2.50. The van der Waals surface area contributed by atoms with E-state index in [1.807, 2.05) is 0 Å². The third-order valence-corrected chi connectivity index (χ3v) is 4.60. The third-order valence-electron chi connectivity index (χ3n) is 3.79. The van der Waals surface area contributed by atoms with Crippen LogP contribution in [0.3, 0.4) is 0 Å². The van der Waals surface area contributed by atoms with Crippen LogP contribution in [0, 0.1) is 0 Å². The maximum absolute atomic E-state index is 13.9. The van der Waals surface area contributed by atoms with Crippen molar-refractivity contribution >= 4 is 11.8 Å². The minimum absolute atomic E-state index is 0.156. The minimum atomic E-state index is -4.69. The van der Waals surface area contributed by atoms with Crippen molar-refractivity contribution in [3.63, 3.8) is 0 Å². The van der Waals surface area contributed by atoms with Gasteiger partial charge in [-0.05, 0) is 23.9 Å². The van der Waals surface area contributed by atoms with Gasteiger partial charge in [0.15, 0.2) is 5.67 Å². The molecular formula is C14H12F6O3S. The van der Waals surface area contributed by atoms with Crippen LogP contribution in [0.2, 0.25) is 0 Å². The van der Waals surface area contributed by atoms with Crippen LogP contribution in [0.25, 0.3) is 0 Å². The summed E-state index contributed by atoms with van der Waals surface area (Å²) in [6.45, 7) is -0.862. The molecule has 24 heavy (non-hydrogen) atoms. The summed E-state index contributed by atoms with van der Waals surface area (Å²) in [4.78, 5) is -0.517. The second-order valence-electron chi connectivity index (χ2n) is 5.77. The summed E-state index contributed by atoms with van der Waals surface area (Å²) in [7, 11) is 0. The van der Waals surface area contributed by atoms with Crippen molar-refractivity contribution in [2.75, 3.05) is 19.8 Å². The fourth-order valence-corrected chi connectivity index (χ4v) is 3.34. The van der Waals surface area contributed by atoms with Gasteiger partial charge in [-0.15, -0.1) is 0 Å². The normalized spacial score (nSPS) is 24.4. The summed E-state index contributed by atoms with van der Waals surface area (Å²) in [6.07, 6.45) is -3.34. The number of ether oxygens (including phenoxy) is 2. The van der Waals surface area contributed by atoms with Gasteiger partial charge in [0.05, 0.1) is 13.2 Å². The molecule has 0 radical (unpaired) electrons. The highest BCUT2D eigenvalue weighted by Crippen LogP contribution is 2.52. The third kappa shape index (κ3) is 3.31. The van der Waals surface area contributed by atoms with Crippen molar-refractivity contribution in [1.29, 1.82) is 0 Å². The molecular weight excluding hydrogens is 362 g/mol. The van der Waals surface area contributed by atoms with Crippen LogP contribution >= 0.6 is 11.8 Å². The zero-order valence-corrected chi connectivity index (χ0v) is 12.8. The molecule has 0 saturated carbocycles. The van der Waals surface area contributed by atoms with E-state index in [1.54, 1.807) is 0 Å². The Hall–Kier alpha value is -1.13. The molecule has 1 unspecified atom stereocenters. The van der Waals surface area contributed by atoms with Crippen LogP contribution in [0.5, 0.6) is 5.75 Å². The standard InChI is InChI=1S/C14H12F6O3S/c15-12(4-22-5-12)6-23-8-1-2-9(24-14(18,19)20)10-7(8)3-13(16,17)11(10)21/h1-2,11,21H,3-6H2. The van der Waals surface area contributed by atoms with E-state index in [0.29, 0.717) is 0 Å². The number of alkyl halides is 6. The van der Waals surface area contributed by atoms with Gasteiger partial charge in [0.25, 0.3) is 5.92 Å². The second-order valence-corrected chi connectivity index (χ2v) is 6.88. The summed E-state index contributed by atoms with van der Waals surface area (Å²) < 4.78 is 89.1. The summed E-state index contributed by atoms with van der Waals surface area (Å²) in [5.41, 5.74) is -7.19. The number of rotatable bonds is 4. The molecule has 0 spiro atoms. The van der Waals surface area contributed by atoms with Crippen LogP contribution in [0.4, 0.5) is 26.3 Å². The molecule has 10 heteroatoms. The van der Waals surface area contributed by atoms with Gasteiger partial charge in [-0.25, -0.2) is 13.2 Å². The Morgan fingerprint density at radius 3 is 2.46 bits per heavy atom. The smallest absolute Gasteiger partial charge is 0.446 e. The van der Waals surface area contributed by atoms with Gasteiger partial charge in [0.2, 0.25) is 0 Å². The first kappa shape index (κ1) is 17.7. The molecule has 1 N–H and O–H groups in total. The molecule has 3 rings (SSSR count). The topological polar surface area (TPSA) is 38.7 Å². The number of hydrogen-bond donors (Lipinski definition) is 1. The molecule has 1 aromatic rings. The van der Waals surface area contributed by atoms with Gasteiger partial charge >= 0.3 is 5.51 Å². The van der Waals surface area contributed by atoms with E-state index >= 15 is 0 Å². The zero-order chi connectivity index (χ0) is 17.8. The molecule has 1 saturated heterocycles. The molecule has 1 atom stereocenters. The average Bonchev–Trinajstić information content (AvgIpc) is 2.65. The molecule has 0 bridgehead atoms. The monoisotopic (exact) mass is 374 g/mol. The largest absolute Gasteiger partial charge is 0.490 e. The van der Waals surface area contributed by atoms with Crippen LogP contribution < -0.4 is 4.74 Å². The number of fused-ring (bicyclic) bond motifs is 1. The molecule has 134 valence electrons. The van der Waals surface area contributed by atoms with E-state index < -0.39 is 58.5 Å². The summed E-state index contributed by atoms with van der Waals surface area (Å²) in [5.74, 6) is -3.77. The molecule has 0 aromatic heterocycles. The van der Waals surface area contributed by atoms with Crippen LogP contribution in [0.15, 0.2) is 17.0 Å². The Kier molecular flexibility index (Phi) is 4.20.